The molecule has 0 N–H and O–H groups in total. The fourth-order valence-corrected chi connectivity index (χ4v) is 4.57. The molecule has 2 heterocycles. The van der Waals surface area contributed by atoms with Crippen LogP contribution in [0.3, 0.4) is 0 Å². The maximum atomic E-state index is 4.46. The van der Waals surface area contributed by atoms with Crippen LogP contribution in [-0.2, 0) is 0 Å². The van der Waals surface area contributed by atoms with E-state index in [4.69, 9.17) is 0 Å². The molecule has 0 saturated carbocycles. The highest BCUT2D eigenvalue weighted by Gasteiger charge is 2.17. The fraction of sp³-hybridized carbons (Fsp3) is 0. The Bertz CT molecular complexity index is 1480. The predicted octanol–water partition coefficient (Wildman–Crippen LogP) is 7.07. The van der Waals surface area contributed by atoms with Crippen molar-refractivity contribution >= 4 is 11.1 Å². The quantitative estimate of drug-likeness (QED) is 0.247. The van der Waals surface area contributed by atoms with Gasteiger partial charge in [-0.15, -0.1) is 0 Å². The van der Waals surface area contributed by atoms with Gasteiger partial charge in [-0.25, -0.2) is 9.36 Å². The van der Waals surface area contributed by atoms with Crippen LogP contribution in [0.1, 0.15) is 22.3 Å². The van der Waals surface area contributed by atoms with Gasteiger partial charge in [-0.05, 0) is 69.8 Å². The number of aromatic nitrogens is 4. The highest BCUT2D eigenvalue weighted by molar-refractivity contribution is 6.04. The third kappa shape index (κ3) is 4.28. The summed E-state index contributed by atoms with van der Waals surface area (Å²) in [7, 11) is 0. The predicted molar refractivity (Wildman–Crippen MR) is 145 cm³/mol. The summed E-state index contributed by atoms with van der Waals surface area (Å²) in [5.41, 5.74) is 8.89. The number of benzene rings is 4. The maximum absolute atomic E-state index is 4.46. The normalized spacial score (nSPS) is 10.8. The summed E-state index contributed by atoms with van der Waals surface area (Å²) in [6.45, 7) is 0. The minimum Gasteiger partial charge on any atom is -0.241 e. The monoisotopic (exact) mass is 464 g/mol. The van der Waals surface area contributed by atoms with E-state index >= 15 is 0 Å². The van der Waals surface area contributed by atoms with E-state index in [0.717, 1.165) is 39.2 Å². The average molecular weight is 465 g/mol. The van der Waals surface area contributed by atoms with E-state index in [1.807, 2.05) is 33.9 Å². The van der Waals surface area contributed by atoms with Crippen LogP contribution in [0.2, 0.25) is 0 Å². The lowest BCUT2D eigenvalue weighted by molar-refractivity contribution is 0.879. The minimum atomic E-state index is 1.01. The molecule has 0 radical (unpaired) electrons. The molecule has 172 valence electrons. The van der Waals surface area contributed by atoms with Crippen molar-refractivity contribution in [3.63, 3.8) is 0 Å². The van der Waals surface area contributed by atoms with Crippen molar-refractivity contribution in [3.05, 3.63) is 168 Å². The standard InChI is InChI=1S/C32H24N4/c1-3-11-25(12-4-1)31(26-13-5-2-6-14-26)32(27-15-7-17-29(23-27)35-21-9-19-33-35)28-16-8-18-30(24-28)36-22-10-20-34-36/h1-24H. The SMILES string of the molecule is c1ccc(C(=C(c2cccc(-n3cccn3)c2)c2cccc(-n3cccn3)c2)c2ccccc2)cc1. The minimum absolute atomic E-state index is 1.01. The number of hydrogen-bond acceptors (Lipinski definition) is 2. The third-order valence-corrected chi connectivity index (χ3v) is 6.18. The van der Waals surface area contributed by atoms with Crippen LogP contribution in [0, 0.1) is 0 Å². The van der Waals surface area contributed by atoms with Crippen molar-refractivity contribution < 1.29 is 0 Å². The number of rotatable bonds is 6. The molecule has 36 heavy (non-hydrogen) atoms. The Hall–Kier alpha value is -4.96. The van der Waals surface area contributed by atoms with Gasteiger partial charge >= 0.3 is 0 Å². The highest BCUT2D eigenvalue weighted by Crippen LogP contribution is 2.37. The van der Waals surface area contributed by atoms with Crippen molar-refractivity contribution in [1.82, 2.24) is 19.6 Å². The van der Waals surface area contributed by atoms with Gasteiger partial charge in [-0.2, -0.15) is 10.2 Å². The molecule has 0 unspecified atom stereocenters. The third-order valence-electron chi connectivity index (χ3n) is 6.18. The van der Waals surface area contributed by atoms with E-state index in [9.17, 15) is 0 Å². The molecule has 6 rings (SSSR count). The summed E-state index contributed by atoms with van der Waals surface area (Å²) in [5, 5.41) is 8.92. The molecule has 0 amide bonds. The zero-order chi connectivity index (χ0) is 24.2. The van der Waals surface area contributed by atoms with Crippen LogP contribution >= 0.6 is 0 Å². The van der Waals surface area contributed by atoms with Crippen LogP contribution in [-0.4, -0.2) is 19.6 Å². The molecular weight excluding hydrogens is 440 g/mol. The van der Waals surface area contributed by atoms with Crippen molar-refractivity contribution in [2.24, 2.45) is 0 Å². The molecule has 0 spiro atoms. The summed E-state index contributed by atoms with van der Waals surface area (Å²) in [5.74, 6) is 0. The van der Waals surface area contributed by atoms with Crippen LogP contribution in [0.5, 0.6) is 0 Å². The van der Waals surface area contributed by atoms with E-state index in [0.29, 0.717) is 0 Å². The van der Waals surface area contributed by atoms with Crippen molar-refractivity contribution in [2.45, 2.75) is 0 Å². The highest BCUT2D eigenvalue weighted by atomic mass is 15.3. The Labute approximate surface area is 210 Å². The molecule has 4 heteroatoms. The Morgan fingerprint density at radius 3 is 1.25 bits per heavy atom. The molecule has 0 fully saturated rings. The topological polar surface area (TPSA) is 35.6 Å². The van der Waals surface area contributed by atoms with Gasteiger partial charge in [-0.3, -0.25) is 0 Å². The van der Waals surface area contributed by atoms with Gasteiger partial charge in [-0.1, -0.05) is 84.9 Å². The van der Waals surface area contributed by atoms with Crippen molar-refractivity contribution in [2.75, 3.05) is 0 Å². The van der Waals surface area contributed by atoms with Crippen LogP contribution in [0.4, 0.5) is 0 Å². The summed E-state index contributed by atoms with van der Waals surface area (Å²) in [6.07, 6.45) is 7.54. The smallest absolute Gasteiger partial charge is 0.0651 e. The zero-order valence-electron chi connectivity index (χ0n) is 19.6. The summed E-state index contributed by atoms with van der Waals surface area (Å²) >= 11 is 0. The molecule has 0 aliphatic heterocycles. The van der Waals surface area contributed by atoms with Gasteiger partial charge in [0.15, 0.2) is 0 Å². The first-order valence-corrected chi connectivity index (χ1v) is 11.9. The van der Waals surface area contributed by atoms with E-state index in [-0.39, 0.29) is 0 Å². The molecule has 0 atom stereocenters. The van der Waals surface area contributed by atoms with Crippen LogP contribution in [0.15, 0.2) is 146 Å². The van der Waals surface area contributed by atoms with Gasteiger partial charge in [0.25, 0.3) is 0 Å². The molecule has 6 aromatic rings. The molecule has 2 aromatic heterocycles. The van der Waals surface area contributed by atoms with Gasteiger partial charge in [0, 0.05) is 24.8 Å². The van der Waals surface area contributed by atoms with Gasteiger partial charge in [0.2, 0.25) is 0 Å². The van der Waals surface area contributed by atoms with Gasteiger partial charge in [0.05, 0.1) is 11.4 Å². The summed E-state index contributed by atoms with van der Waals surface area (Å²) in [6, 6.07) is 42.2. The Kier molecular flexibility index (Phi) is 5.83. The average Bonchev–Trinajstić information content (AvgIpc) is 3.68. The molecule has 0 aliphatic rings. The largest absolute Gasteiger partial charge is 0.241 e. The number of nitrogens with zero attached hydrogens (tertiary/aromatic N) is 4. The molecular formula is C32H24N4. The molecule has 0 aliphatic carbocycles. The first-order chi connectivity index (χ1) is 17.9. The van der Waals surface area contributed by atoms with E-state index in [1.54, 1.807) is 12.4 Å². The first kappa shape index (κ1) is 21.6. The van der Waals surface area contributed by atoms with E-state index in [2.05, 4.69) is 119 Å². The second-order valence-corrected chi connectivity index (χ2v) is 8.48. The van der Waals surface area contributed by atoms with Crippen LogP contribution < -0.4 is 0 Å². The molecule has 4 nitrogen and oxygen atoms in total. The molecule has 0 bridgehead atoms. The van der Waals surface area contributed by atoms with E-state index < -0.39 is 0 Å². The Morgan fingerprint density at radius 1 is 0.417 bits per heavy atom. The Morgan fingerprint density at radius 2 is 0.833 bits per heavy atom. The first-order valence-electron chi connectivity index (χ1n) is 11.9. The summed E-state index contributed by atoms with van der Waals surface area (Å²) in [4.78, 5) is 0. The maximum Gasteiger partial charge on any atom is 0.0651 e. The second-order valence-electron chi connectivity index (χ2n) is 8.48. The zero-order valence-corrected chi connectivity index (χ0v) is 19.6. The summed E-state index contributed by atoms with van der Waals surface area (Å²) < 4.78 is 3.79. The second kappa shape index (κ2) is 9.72. The van der Waals surface area contributed by atoms with Crippen LogP contribution in [0.25, 0.3) is 22.5 Å². The fourth-order valence-electron chi connectivity index (χ4n) is 4.57. The molecule has 4 aromatic carbocycles. The van der Waals surface area contributed by atoms with Crippen molar-refractivity contribution in [1.29, 1.82) is 0 Å². The van der Waals surface area contributed by atoms with Crippen molar-refractivity contribution in [3.8, 4) is 11.4 Å². The Balaban J connectivity index is 1.66. The van der Waals surface area contributed by atoms with E-state index in [1.165, 1.54) is 5.57 Å². The number of hydrogen-bond donors (Lipinski definition) is 0. The molecule has 0 saturated heterocycles. The van der Waals surface area contributed by atoms with Gasteiger partial charge < -0.3 is 0 Å². The van der Waals surface area contributed by atoms with Gasteiger partial charge in [0.1, 0.15) is 0 Å². The lowest BCUT2D eigenvalue weighted by atomic mass is 9.85. The lowest BCUT2D eigenvalue weighted by Crippen LogP contribution is -2.01. The lowest BCUT2D eigenvalue weighted by Gasteiger charge is -2.19.